The van der Waals surface area contributed by atoms with Crippen molar-refractivity contribution in [2.45, 2.75) is 51.5 Å². The molecule has 2 N–H and O–H groups in total. The average Bonchev–Trinajstić information content (AvgIpc) is 3.07. The summed E-state index contributed by atoms with van der Waals surface area (Å²) in [6.07, 6.45) is 5.73. The van der Waals surface area contributed by atoms with Gasteiger partial charge in [-0.3, -0.25) is 9.59 Å². The predicted molar refractivity (Wildman–Crippen MR) is 99.6 cm³/mol. The fourth-order valence-corrected chi connectivity index (χ4v) is 4.35. The zero-order chi connectivity index (χ0) is 18.3. The number of fused-ring (bicyclic) bond motifs is 1. The van der Waals surface area contributed by atoms with Gasteiger partial charge in [-0.15, -0.1) is 0 Å². The summed E-state index contributed by atoms with van der Waals surface area (Å²) in [7, 11) is 0. The van der Waals surface area contributed by atoms with E-state index in [0.29, 0.717) is 17.1 Å². The third kappa shape index (κ3) is 2.94. The first-order valence-corrected chi connectivity index (χ1v) is 9.69. The molecule has 0 aromatic carbocycles. The summed E-state index contributed by atoms with van der Waals surface area (Å²) in [5.41, 5.74) is 1.77. The van der Waals surface area contributed by atoms with Gasteiger partial charge in [0, 0.05) is 24.6 Å². The van der Waals surface area contributed by atoms with Crippen molar-refractivity contribution in [2.24, 2.45) is 5.92 Å². The SMILES string of the molecule is CC1CCCN(C(=O)c2cnn3c(C4CCNCC4)cc(=O)[nH]c23)C1C. The molecule has 0 saturated carbocycles. The normalized spacial score (nSPS) is 24.9. The van der Waals surface area contributed by atoms with Crippen LogP contribution in [0.4, 0.5) is 0 Å². The Morgan fingerprint density at radius 1 is 1.23 bits per heavy atom. The third-order valence-corrected chi connectivity index (χ3v) is 6.16. The largest absolute Gasteiger partial charge is 0.336 e. The van der Waals surface area contributed by atoms with Gasteiger partial charge in [0.15, 0.2) is 0 Å². The maximum atomic E-state index is 13.2. The van der Waals surface area contributed by atoms with Crippen molar-refractivity contribution in [1.82, 2.24) is 24.8 Å². The van der Waals surface area contributed by atoms with Crippen LogP contribution in [0.5, 0.6) is 0 Å². The monoisotopic (exact) mass is 357 g/mol. The quantitative estimate of drug-likeness (QED) is 0.858. The standard InChI is InChI=1S/C19H27N5O2/c1-12-4-3-9-23(13(12)2)19(26)15-11-21-24-16(10-17(25)22-18(15)24)14-5-7-20-8-6-14/h10-14,20H,3-9H2,1-2H3,(H,22,25). The molecule has 7 heteroatoms. The fourth-order valence-electron chi connectivity index (χ4n) is 4.35. The van der Waals surface area contributed by atoms with E-state index in [-0.39, 0.29) is 23.4 Å². The molecule has 2 aromatic rings. The van der Waals surface area contributed by atoms with Gasteiger partial charge in [0.1, 0.15) is 11.2 Å². The number of hydrogen-bond donors (Lipinski definition) is 2. The highest BCUT2D eigenvalue weighted by Gasteiger charge is 2.31. The van der Waals surface area contributed by atoms with E-state index in [9.17, 15) is 9.59 Å². The number of carbonyl (C=O) groups is 1. The Labute approximate surface area is 152 Å². The number of amides is 1. The van der Waals surface area contributed by atoms with Crippen LogP contribution in [0.2, 0.25) is 0 Å². The molecule has 2 aliphatic heterocycles. The maximum absolute atomic E-state index is 13.2. The molecule has 2 saturated heterocycles. The molecule has 2 unspecified atom stereocenters. The number of hydrogen-bond acceptors (Lipinski definition) is 4. The molecule has 140 valence electrons. The summed E-state index contributed by atoms with van der Waals surface area (Å²) in [4.78, 5) is 30.2. The van der Waals surface area contributed by atoms with E-state index in [4.69, 9.17) is 0 Å². The second-order valence-electron chi connectivity index (χ2n) is 7.76. The topological polar surface area (TPSA) is 82.5 Å². The Kier molecular flexibility index (Phi) is 4.56. The molecule has 0 spiro atoms. The lowest BCUT2D eigenvalue weighted by molar-refractivity contribution is 0.0553. The predicted octanol–water partition coefficient (Wildman–Crippen LogP) is 1.75. The van der Waals surface area contributed by atoms with E-state index in [1.807, 2.05) is 4.90 Å². The smallest absolute Gasteiger partial charge is 0.259 e. The van der Waals surface area contributed by atoms with Crippen molar-refractivity contribution < 1.29 is 4.79 Å². The van der Waals surface area contributed by atoms with Crippen LogP contribution in [0.15, 0.2) is 17.1 Å². The minimum Gasteiger partial charge on any atom is -0.336 e. The minimum absolute atomic E-state index is 0.0304. The van der Waals surface area contributed by atoms with E-state index >= 15 is 0 Å². The average molecular weight is 357 g/mol. The molecule has 2 fully saturated rings. The molecule has 2 aliphatic rings. The number of H-pyrrole nitrogens is 1. The summed E-state index contributed by atoms with van der Waals surface area (Å²) >= 11 is 0. The molecule has 2 aromatic heterocycles. The van der Waals surface area contributed by atoms with Crippen molar-refractivity contribution in [2.75, 3.05) is 19.6 Å². The summed E-state index contributed by atoms with van der Waals surface area (Å²) in [6, 6.07) is 1.83. The molecule has 7 nitrogen and oxygen atoms in total. The number of aromatic amines is 1. The zero-order valence-electron chi connectivity index (χ0n) is 15.5. The van der Waals surface area contributed by atoms with Crippen molar-refractivity contribution in [1.29, 1.82) is 0 Å². The van der Waals surface area contributed by atoms with E-state index in [2.05, 4.69) is 29.2 Å². The highest BCUT2D eigenvalue weighted by atomic mass is 16.2. The second-order valence-corrected chi connectivity index (χ2v) is 7.76. The van der Waals surface area contributed by atoms with Crippen LogP contribution < -0.4 is 10.9 Å². The first-order chi connectivity index (χ1) is 12.6. The van der Waals surface area contributed by atoms with Gasteiger partial charge in [-0.1, -0.05) is 6.92 Å². The molecule has 4 rings (SSSR count). The zero-order valence-corrected chi connectivity index (χ0v) is 15.5. The van der Waals surface area contributed by atoms with Crippen LogP contribution in [0.25, 0.3) is 5.65 Å². The van der Waals surface area contributed by atoms with Gasteiger partial charge in [-0.05, 0) is 51.6 Å². The molecular formula is C19H27N5O2. The minimum atomic E-state index is -0.166. The number of piperidine rings is 2. The van der Waals surface area contributed by atoms with Crippen LogP contribution in [0, 0.1) is 5.92 Å². The van der Waals surface area contributed by atoms with Crippen molar-refractivity contribution in [3.8, 4) is 0 Å². The molecule has 0 aliphatic carbocycles. The van der Waals surface area contributed by atoms with Crippen LogP contribution in [-0.2, 0) is 0 Å². The fraction of sp³-hybridized carbons (Fsp3) is 0.632. The molecular weight excluding hydrogens is 330 g/mol. The van der Waals surface area contributed by atoms with Crippen molar-refractivity contribution in [3.05, 3.63) is 33.9 Å². The molecule has 26 heavy (non-hydrogen) atoms. The van der Waals surface area contributed by atoms with Gasteiger partial charge in [0.05, 0.1) is 11.9 Å². The van der Waals surface area contributed by atoms with Crippen LogP contribution in [0.1, 0.15) is 61.5 Å². The van der Waals surface area contributed by atoms with Crippen molar-refractivity contribution in [3.63, 3.8) is 0 Å². The Hall–Kier alpha value is -2.15. The van der Waals surface area contributed by atoms with Gasteiger partial charge >= 0.3 is 0 Å². The Bertz CT molecular complexity index is 864. The maximum Gasteiger partial charge on any atom is 0.259 e. The Morgan fingerprint density at radius 2 is 2.00 bits per heavy atom. The van der Waals surface area contributed by atoms with Gasteiger partial charge in [0.25, 0.3) is 11.5 Å². The number of nitrogens with one attached hydrogen (secondary N) is 2. The van der Waals surface area contributed by atoms with Crippen molar-refractivity contribution >= 4 is 11.6 Å². The van der Waals surface area contributed by atoms with Gasteiger partial charge in [-0.25, -0.2) is 4.52 Å². The lowest BCUT2D eigenvalue weighted by Crippen LogP contribution is -2.46. The van der Waals surface area contributed by atoms with Crippen LogP contribution >= 0.6 is 0 Å². The lowest BCUT2D eigenvalue weighted by Gasteiger charge is -2.37. The second kappa shape index (κ2) is 6.87. The highest BCUT2D eigenvalue weighted by molar-refractivity contribution is 5.99. The Balaban J connectivity index is 1.74. The summed E-state index contributed by atoms with van der Waals surface area (Å²) in [5.74, 6) is 0.744. The molecule has 1 amide bonds. The molecule has 0 bridgehead atoms. The number of nitrogens with zero attached hydrogens (tertiary/aromatic N) is 3. The van der Waals surface area contributed by atoms with E-state index in [0.717, 1.165) is 51.0 Å². The van der Waals surface area contributed by atoms with E-state index in [1.54, 1.807) is 16.8 Å². The number of rotatable bonds is 2. The number of likely N-dealkylation sites (tertiary alicyclic amines) is 1. The molecule has 4 heterocycles. The molecule has 0 radical (unpaired) electrons. The summed E-state index contributed by atoms with van der Waals surface area (Å²) in [5, 5.41) is 7.82. The highest BCUT2D eigenvalue weighted by Crippen LogP contribution is 2.27. The summed E-state index contributed by atoms with van der Waals surface area (Å²) < 4.78 is 1.77. The van der Waals surface area contributed by atoms with Gasteiger partial charge in [-0.2, -0.15) is 5.10 Å². The lowest BCUT2D eigenvalue weighted by atomic mass is 9.91. The first kappa shape index (κ1) is 17.3. The number of carbonyl (C=O) groups excluding carboxylic acids is 1. The van der Waals surface area contributed by atoms with Gasteiger partial charge < -0.3 is 15.2 Å². The molecule has 2 atom stereocenters. The van der Waals surface area contributed by atoms with Gasteiger partial charge in [0.2, 0.25) is 0 Å². The van der Waals surface area contributed by atoms with Crippen LogP contribution in [-0.4, -0.2) is 51.1 Å². The summed E-state index contributed by atoms with van der Waals surface area (Å²) in [6.45, 7) is 6.94. The first-order valence-electron chi connectivity index (χ1n) is 9.69. The Morgan fingerprint density at radius 3 is 2.77 bits per heavy atom. The third-order valence-electron chi connectivity index (χ3n) is 6.16. The van der Waals surface area contributed by atoms with E-state index < -0.39 is 0 Å². The van der Waals surface area contributed by atoms with Crippen LogP contribution in [0.3, 0.4) is 0 Å². The number of aromatic nitrogens is 3. The van der Waals surface area contributed by atoms with E-state index in [1.165, 1.54) is 0 Å².